The molecule has 4 nitrogen and oxygen atoms in total. The van der Waals surface area contributed by atoms with Gasteiger partial charge in [0.2, 0.25) is 0 Å². The van der Waals surface area contributed by atoms with Gasteiger partial charge in [-0.2, -0.15) is 5.10 Å². The minimum atomic E-state index is -0.0861. The lowest BCUT2D eigenvalue weighted by atomic mass is 10.2. The van der Waals surface area contributed by atoms with Crippen molar-refractivity contribution in [2.24, 2.45) is 5.92 Å². The Morgan fingerprint density at radius 3 is 2.81 bits per heavy atom. The van der Waals surface area contributed by atoms with Crippen molar-refractivity contribution in [1.82, 2.24) is 9.78 Å². The minimum Gasteiger partial charge on any atom is -0.380 e. The monoisotopic (exact) mass is 369 g/mol. The molecule has 21 heavy (non-hydrogen) atoms. The Labute approximate surface area is 137 Å². The quantitative estimate of drug-likeness (QED) is 0.842. The molecule has 0 aromatic carbocycles. The Morgan fingerprint density at radius 2 is 2.19 bits per heavy atom. The van der Waals surface area contributed by atoms with E-state index in [0.717, 1.165) is 12.1 Å². The number of aromatic nitrogens is 2. The first kappa shape index (κ1) is 16.2. The first-order valence-electron chi connectivity index (χ1n) is 7.02. The molecule has 0 saturated heterocycles. The maximum atomic E-state index is 12.2. The van der Waals surface area contributed by atoms with Crippen LogP contribution in [-0.4, -0.2) is 15.8 Å². The lowest BCUT2D eigenvalue weighted by Crippen LogP contribution is -2.28. The van der Waals surface area contributed by atoms with Gasteiger partial charge in [0.1, 0.15) is 4.47 Å². The maximum Gasteiger partial charge on any atom is 0.283 e. The molecule has 1 unspecified atom stereocenters. The largest absolute Gasteiger partial charge is 0.380 e. The SMILES string of the molecule is CC(C)Cn1ncc(NC(C)Cc2cccs2)c(Br)c1=O. The van der Waals surface area contributed by atoms with Crippen LogP contribution in [0.5, 0.6) is 0 Å². The smallest absolute Gasteiger partial charge is 0.283 e. The molecule has 2 aromatic heterocycles. The summed E-state index contributed by atoms with van der Waals surface area (Å²) in [4.78, 5) is 13.6. The van der Waals surface area contributed by atoms with Crippen molar-refractivity contribution in [2.45, 2.75) is 39.8 Å². The van der Waals surface area contributed by atoms with Gasteiger partial charge in [-0.1, -0.05) is 19.9 Å². The summed E-state index contributed by atoms with van der Waals surface area (Å²) < 4.78 is 2.06. The molecule has 0 saturated carbocycles. The van der Waals surface area contributed by atoms with E-state index in [9.17, 15) is 4.79 Å². The summed E-state index contributed by atoms with van der Waals surface area (Å²) in [5, 5.41) is 9.67. The summed E-state index contributed by atoms with van der Waals surface area (Å²) in [5.41, 5.74) is 0.668. The van der Waals surface area contributed by atoms with Gasteiger partial charge in [-0.05, 0) is 40.2 Å². The van der Waals surface area contributed by atoms with Gasteiger partial charge in [0, 0.05) is 23.9 Å². The van der Waals surface area contributed by atoms with E-state index < -0.39 is 0 Å². The third kappa shape index (κ3) is 4.41. The van der Waals surface area contributed by atoms with Crippen molar-refractivity contribution in [3.63, 3.8) is 0 Å². The number of hydrogen-bond donors (Lipinski definition) is 1. The van der Waals surface area contributed by atoms with Crippen LogP contribution < -0.4 is 10.9 Å². The van der Waals surface area contributed by atoms with E-state index in [1.54, 1.807) is 17.5 Å². The first-order valence-corrected chi connectivity index (χ1v) is 8.69. The summed E-state index contributed by atoms with van der Waals surface area (Å²) in [6, 6.07) is 4.41. The fraction of sp³-hybridized carbons (Fsp3) is 0.467. The van der Waals surface area contributed by atoms with Crippen molar-refractivity contribution in [1.29, 1.82) is 0 Å². The molecule has 1 N–H and O–H groups in total. The zero-order chi connectivity index (χ0) is 15.4. The standard InChI is InChI=1S/C15H20BrN3OS/c1-10(2)9-19-15(20)14(16)13(8-17-19)18-11(3)7-12-5-4-6-21-12/h4-6,8,10-11,18H,7,9H2,1-3H3. The molecule has 2 rings (SSSR count). The van der Waals surface area contributed by atoms with E-state index in [2.05, 4.69) is 64.6 Å². The first-order chi connectivity index (χ1) is 9.97. The van der Waals surface area contributed by atoms with Crippen LogP contribution in [0.1, 0.15) is 25.6 Å². The minimum absolute atomic E-state index is 0.0861. The Kier molecular flexibility index (Phi) is 5.58. The van der Waals surface area contributed by atoms with Crippen LogP contribution in [0.25, 0.3) is 0 Å². The predicted octanol–water partition coefficient (Wildman–Crippen LogP) is 3.77. The number of nitrogens with one attached hydrogen (secondary N) is 1. The zero-order valence-corrected chi connectivity index (χ0v) is 14.9. The summed E-state index contributed by atoms with van der Waals surface area (Å²) in [5.74, 6) is 0.388. The van der Waals surface area contributed by atoms with Gasteiger partial charge < -0.3 is 5.32 Å². The highest BCUT2D eigenvalue weighted by Gasteiger charge is 2.12. The number of anilines is 1. The average molecular weight is 370 g/mol. The molecule has 0 radical (unpaired) electrons. The summed E-state index contributed by atoms with van der Waals surface area (Å²) in [6.07, 6.45) is 2.65. The third-order valence-corrected chi connectivity index (χ3v) is 4.68. The second-order valence-electron chi connectivity index (χ2n) is 5.58. The molecule has 2 heterocycles. The Bertz CT molecular complexity index is 637. The highest BCUT2D eigenvalue weighted by Crippen LogP contribution is 2.19. The van der Waals surface area contributed by atoms with Crippen molar-refractivity contribution < 1.29 is 0 Å². The normalized spacial score (nSPS) is 12.6. The third-order valence-electron chi connectivity index (χ3n) is 3.01. The molecular formula is C15H20BrN3OS. The summed E-state index contributed by atoms with van der Waals surface area (Å²) in [7, 11) is 0. The van der Waals surface area contributed by atoms with E-state index >= 15 is 0 Å². The lowest BCUT2D eigenvalue weighted by molar-refractivity contribution is 0.462. The van der Waals surface area contributed by atoms with Crippen LogP contribution >= 0.6 is 27.3 Å². The molecule has 1 atom stereocenters. The molecule has 0 aliphatic rings. The number of rotatable bonds is 6. The molecule has 114 valence electrons. The number of nitrogens with zero attached hydrogens (tertiary/aromatic N) is 2. The van der Waals surface area contributed by atoms with Gasteiger partial charge >= 0.3 is 0 Å². The van der Waals surface area contributed by atoms with Crippen LogP contribution in [0, 0.1) is 5.92 Å². The Morgan fingerprint density at radius 1 is 1.43 bits per heavy atom. The maximum absolute atomic E-state index is 12.2. The van der Waals surface area contributed by atoms with Crippen molar-refractivity contribution in [2.75, 3.05) is 5.32 Å². The van der Waals surface area contributed by atoms with Crippen LogP contribution in [0.2, 0.25) is 0 Å². The van der Waals surface area contributed by atoms with E-state index in [0.29, 0.717) is 16.9 Å². The van der Waals surface area contributed by atoms with Crippen molar-refractivity contribution >= 4 is 33.0 Å². The fourth-order valence-electron chi connectivity index (χ4n) is 2.09. The van der Waals surface area contributed by atoms with Gasteiger partial charge in [0.15, 0.2) is 0 Å². The van der Waals surface area contributed by atoms with E-state index in [-0.39, 0.29) is 11.6 Å². The topological polar surface area (TPSA) is 46.9 Å². The Hall–Kier alpha value is -1.14. The number of halogens is 1. The molecule has 6 heteroatoms. The van der Waals surface area contributed by atoms with Crippen LogP contribution in [0.4, 0.5) is 5.69 Å². The molecule has 2 aromatic rings. The molecule has 0 spiro atoms. The molecule has 0 aliphatic heterocycles. The second-order valence-corrected chi connectivity index (χ2v) is 7.41. The fourth-order valence-corrected chi connectivity index (χ4v) is 3.35. The zero-order valence-electron chi connectivity index (χ0n) is 12.5. The van der Waals surface area contributed by atoms with Gasteiger partial charge in [0.05, 0.1) is 11.9 Å². The van der Waals surface area contributed by atoms with Crippen LogP contribution in [-0.2, 0) is 13.0 Å². The molecule has 0 fully saturated rings. The van der Waals surface area contributed by atoms with Crippen LogP contribution in [0.3, 0.4) is 0 Å². The molecular weight excluding hydrogens is 350 g/mol. The Balaban J connectivity index is 2.10. The molecule has 0 amide bonds. The van der Waals surface area contributed by atoms with E-state index in [1.165, 1.54) is 9.56 Å². The average Bonchev–Trinajstić information content (AvgIpc) is 2.91. The predicted molar refractivity (Wildman–Crippen MR) is 92.1 cm³/mol. The second kappa shape index (κ2) is 7.22. The van der Waals surface area contributed by atoms with E-state index in [1.807, 2.05) is 0 Å². The number of thiophene rings is 1. The van der Waals surface area contributed by atoms with Gasteiger partial charge in [-0.25, -0.2) is 4.68 Å². The van der Waals surface area contributed by atoms with E-state index in [4.69, 9.17) is 0 Å². The van der Waals surface area contributed by atoms with Gasteiger partial charge in [0.25, 0.3) is 5.56 Å². The van der Waals surface area contributed by atoms with Crippen molar-refractivity contribution in [3.8, 4) is 0 Å². The molecule has 0 bridgehead atoms. The van der Waals surface area contributed by atoms with Crippen molar-refractivity contribution in [3.05, 3.63) is 43.4 Å². The summed E-state index contributed by atoms with van der Waals surface area (Å²) >= 11 is 5.14. The highest BCUT2D eigenvalue weighted by atomic mass is 79.9. The molecule has 0 aliphatic carbocycles. The van der Waals surface area contributed by atoms with Gasteiger partial charge in [-0.15, -0.1) is 11.3 Å². The number of hydrogen-bond acceptors (Lipinski definition) is 4. The highest BCUT2D eigenvalue weighted by molar-refractivity contribution is 9.10. The summed E-state index contributed by atoms with van der Waals surface area (Å²) in [6.45, 7) is 6.86. The lowest BCUT2D eigenvalue weighted by Gasteiger charge is -2.16. The van der Waals surface area contributed by atoms with Crippen LogP contribution in [0.15, 0.2) is 33.0 Å². The van der Waals surface area contributed by atoms with Gasteiger partial charge in [-0.3, -0.25) is 4.79 Å².